The molecule has 0 spiro atoms. The van der Waals surface area contributed by atoms with E-state index in [1.54, 1.807) is 12.1 Å². The molecule has 0 fully saturated rings. The molecule has 6 heteroatoms. The third kappa shape index (κ3) is 3.76. The quantitative estimate of drug-likeness (QED) is 0.676. The smallest absolute Gasteiger partial charge is 0.270 e. The highest BCUT2D eigenvalue weighted by Gasteiger charge is 2.09. The number of nitrogens with zero attached hydrogens (tertiary/aromatic N) is 1. The molecule has 0 aromatic heterocycles. The molecule has 2 rings (SSSR count). The molecule has 0 heterocycles. The van der Waals surface area contributed by atoms with Gasteiger partial charge in [0, 0.05) is 25.2 Å². The number of nitrogens with one attached hydrogen (secondary N) is 1. The van der Waals surface area contributed by atoms with Gasteiger partial charge in [0.15, 0.2) is 0 Å². The lowest BCUT2D eigenvalue weighted by Crippen LogP contribution is -2.13. The largest absolute Gasteiger partial charge is 0.309 e. The van der Waals surface area contributed by atoms with Crippen molar-refractivity contribution in [3.63, 3.8) is 0 Å². The van der Waals surface area contributed by atoms with Gasteiger partial charge in [0.2, 0.25) is 0 Å². The lowest BCUT2D eigenvalue weighted by atomic mass is 10.2. The van der Waals surface area contributed by atoms with E-state index in [0.29, 0.717) is 18.1 Å². The summed E-state index contributed by atoms with van der Waals surface area (Å²) in [5.41, 5.74) is 1.54. The molecule has 2 aromatic carbocycles. The van der Waals surface area contributed by atoms with Crippen LogP contribution in [-0.2, 0) is 13.1 Å². The van der Waals surface area contributed by atoms with Crippen molar-refractivity contribution < 1.29 is 9.31 Å². The summed E-state index contributed by atoms with van der Waals surface area (Å²) in [5.74, 6) is -0.280. The average molecular weight is 295 g/mol. The number of non-ortho nitro benzene ring substituents is 1. The Morgan fingerprint density at radius 1 is 1.20 bits per heavy atom. The summed E-state index contributed by atoms with van der Waals surface area (Å²) in [7, 11) is 0. The van der Waals surface area contributed by atoms with Gasteiger partial charge < -0.3 is 5.32 Å². The summed E-state index contributed by atoms with van der Waals surface area (Å²) in [6.45, 7) is 0.943. The lowest BCUT2D eigenvalue weighted by Gasteiger charge is -2.07. The van der Waals surface area contributed by atoms with Gasteiger partial charge >= 0.3 is 0 Å². The molecule has 0 saturated heterocycles. The van der Waals surface area contributed by atoms with Crippen molar-refractivity contribution in [2.24, 2.45) is 0 Å². The van der Waals surface area contributed by atoms with E-state index in [9.17, 15) is 14.5 Å². The molecule has 0 aliphatic rings. The number of halogens is 2. The number of rotatable bonds is 5. The fourth-order valence-electron chi connectivity index (χ4n) is 1.78. The summed E-state index contributed by atoms with van der Waals surface area (Å²) < 4.78 is 13.0. The van der Waals surface area contributed by atoms with E-state index in [4.69, 9.17) is 11.6 Å². The van der Waals surface area contributed by atoms with Gasteiger partial charge in [-0.25, -0.2) is 4.39 Å². The second kappa shape index (κ2) is 6.45. The molecule has 104 valence electrons. The predicted molar refractivity (Wildman–Crippen MR) is 75.1 cm³/mol. The standard InChI is InChI=1S/C14H12ClFN2O2/c15-14-7-13(18(19)20)5-4-11(14)9-17-8-10-2-1-3-12(16)6-10/h1-7,17H,8-9H2. The van der Waals surface area contributed by atoms with Crippen LogP contribution < -0.4 is 5.32 Å². The van der Waals surface area contributed by atoms with Crippen LogP contribution in [-0.4, -0.2) is 4.92 Å². The van der Waals surface area contributed by atoms with Crippen LogP contribution in [0.15, 0.2) is 42.5 Å². The maximum atomic E-state index is 13.0. The molecule has 0 saturated carbocycles. The van der Waals surface area contributed by atoms with Crippen LogP contribution >= 0.6 is 11.6 Å². The van der Waals surface area contributed by atoms with Crippen molar-refractivity contribution in [2.45, 2.75) is 13.1 Å². The molecule has 0 unspecified atom stereocenters. The third-order valence-electron chi connectivity index (χ3n) is 2.78. The maximum Gasteiger partial charge on any atom is 0.270 e. The fraction of sp³-hybridized carbons (Fsp3) is 0.143. The second-order valence-electron chi connectivity index (χ2n) is 4.27. The van der Waals surface area contributed by atoms with Gasteiger partial charge in [-0.1, -0.05) is 23.7 Å². The Labute approximate surface area is 120 Å². The normalized spacial score (nSPS) is 10.5. The van der Waals surface area contributed by atoms with Crippen LogP contribution in [0.4, 0.5) is 10.1 Å². The predicted octanol–water partition coefficient (Wildman–Crippen LogP) is 3.68. The molecule has 20 heavy (non-hydrogen) atoms. The molecule has 4 nitrogen and oxygen atoms in total. The summed E-state index contributed by atoms with van der Waals surface area (Å²) in [6, 6.07) is 10.6. The SMILES string of the molecule is O=[N+]([O-])c1ccc(CNCc2cccc(F)c2)c(Cl)c1. The Bertz CT molecular complexity index is 634. The fourth-order valence-corrected chi connectivity index (χ4v) is 2.02. The Morgan fingerprint density at radius 2 is 2.00 bits per heavy atom. The highest BCUT2D eigenvalue weighted by atomic mass is 35.5. The maximum absolute atomic E-state index is 13.0. The molecule has 1 N–H and O–H groups in total. The van der Waals surface area contributed by atoms with Crippen molar-refractivity contribution in [3.05, 3.63) is 74.5 Å². The summed E-state index contributed by atoms with van der Waals surface area (Å²) in [4.78, 5) is 10.1. The van der Waals surface area contributed by atoms with Crippen LogP contribution in [0.25, 0.3) is 0 Å². The van der Waals surface area contributed by atoms with Crippen LogP contribution in [0.3, 0.4) is 0 Å². The number of hydrogen-bond acceptors (Lipinski definition) is 3. The molecule has 0 aliphatic heterocycles. The van der Waals surface area contributed by atoms with Gasteiger partial charge in [0.05, 0.1) is 9.95 Å². The number of benzene rings is 2. The first-order valence-corrected chi connectivity index (χ1v) is 6.32. The molecule has 0 aliphatic carbocycles. The monoisotopic (exact) mass is 294 g/mol. The average Bonchev–Trinajstić information content (AvgIpc) is 2.40. The van der Waals surface area contributed by atoms with Crippen molar-refractivity contribution in [1.82, 2.24) is 5.32 Å². The van der Waals surface area contributed by atoms with E-state index in [1.807, 2.05) is 6.07 Å². The number of hydrogen-bond donors (Lipinski definition) is 1. The number of nitro benzene ring substituents is 1. The van der Waals surface area contributed by atoms with E-state index in [-0.39, 0.29) is 11.5 Å². The molecule has 2 aromatic rings. The first-order valence-electron chi connectivity index (χ1n) is 5.94. The van der Waals surface area contributed by atoms with E-state index in [2.05, 4.69) is 5.32 Å². The van der Waals surface area contributed by atoms with E-state index < -0.39 is 4.92 Å². The Balaban J connectivity index is 1.96. The van der Waals surface area contributed by atoms with Gasteiger partial charge in [0.1, 0.15) is 5.82 Å². The van der Waals surface area contributed by atoms with Gasteiger partial charge in [-0.2, -0.15) is 0 Å². The zero-order chi connectivity index (χ0) is 14.5. The van der Waals surface area contributed by atoms with Gasteiger partial charge in [0.25, 0.3) is 5.69 Å². The highest BCUT2D eigenvalue weighted by Crippen LogP contribution is 2.22. The second-order valence-corrected chi connectivity index (χ2v) is 4.67. The van der Waals surface area contributed by atoms with Crippen molar-refractivity contribution in [2.75, 3.05) is 0 Å². The lowest BCUT2D eigenvalue weighted by molar-refractivity contribution is -0.384. The summed E-state index contributed by atoms with van der Waals surface area (Å²) in [6.07, 6.45) is 0. The zero-order valence-electron chi connectivity index (χ0n) is 10.5. The van der Waals surface area contributed by atoms with Crippen LogP contribution in [0.5, 0.6) is 0 Å². The van der Waals surface area contributed by atoms with Gasteiger partial charge in [-0.15, -0.1) is 0 Å². The van der Waals surface area contributed by atoms with Gasteiger partial charge in [-0.05, 0) is 29.3 Å². The van der Waals surface area contributed by atoms with Crippen molar-refractivity contribution in [1.29, 1.82) is 0 Å². The minimum Gasteiger partial charge on any atom is -0.309 e. The van der Waals surface area contributed by atoms with Crippen molar-refractivity contribution in [3.8, 4) is 0 Å². The van der Waals surface area contributed by atoms with Gasteiger partial charge in [-0.3, -0.25) is 10.1 Å². The summed E-state index contributed by atoms with van der Waals surface area (Å²) in [5, 5.41) is 14.0. The van der Waals surface area contributed by atoms with E-state index in [1.165, 1.54) is 24.3 Å². The van der Waals surface area contributed by atoms with E-state index >= 15 is 0 Å². The van der Waals surface area contributed by atoms with E-state index in [0.717, 1.165) is 11.1 Å². The Morgan fingerprint density at radius 3 is 2.65 bits per heavy atom. The zero-order valence-corrected chi connectivity index (χ0v) is 11.2. The first kappa shape index (κ1) is 14.4. The third-order valence-corrected chi connectivity index (χ3v) is 3.13. The molecule has 0 bridgehead atoms. The van der Waals surface area contributed by atoms with Crippen molar-refractivity contribution >= 4 is 17.3 Å². The molecule has 0 amide bonds. The molecular formula is C14H12ClFN2O2. The Hall–Kier alpha value is -1.98. The Kier molecular flexibility index (Phi) is 4.65. The summed E-state index contributed by atoms with van der Waals surface area (Å²) >= 11 is 5.98. The number of nitro groups is 1. The van der Waals surface area contributed by atoms with Crippen LogP contribution in [0.2, 0.25) is 5.02 Å². The topological polar surface area (TPSA) is 55.2 Å². The molecule has 0 atom stereocenters. The van der Waals surface area contributed by atoms with Crippen LogP contribution in [0, 0.1) is 15.9 Å². The first-order chi connectivity index (χ1) is 9.56. The molecule has 0 radical (unpaired) electrons. The minimum absolute atomic E-state index is 0.0381. The van der Waals surface area contributed by atoms with Crippen LogP contribution in [0.1, 0.15) is 11.1 Å². The molecular weight excluding hydrogens is 283 g/mol. The highest BCUT2D eigenvalue weighted by molar-refractivity contribution is 6.31. The minimum atomic E-state index is -0.490.